The number of carbonyl (C=O) groups is 1. The average molecular weight is 549 g/mol. The number of fused-ring (bicyclic) bond motifs is 1. The van der Waals surface area contributed by atoms with Crippen LogP contribution in [-0.4, -0.2) is 39.4 Å². The van der Waals surface area contributed by atoms with E-state index in [1.165, 1.54) is 0 Å². The molecule has 0 amide bonds. The highest BCUT2D eigenvalue weighted by Gasteiger charge is 2.36. The fourth-order valence-electron chi connectivity index (χ4n) is 3.71. The fraction of sp³-hybridized carbons (Fsp3) is 0.304. The number of nitrogens with zero attached hydrogens (tertiary/aromatic N) is 4. The zero-order valence-corrected chi connectivity index (χ0v) is 21.2. The van der Waals surface area contributed by atoms with E-state index >= 15 is 0 Å². The molecule has 1 aliphatic rings. The Morgan fingerprint density at radius 1 is 1.21 bits per heavy atom. The van der Waals surface area contributed by atoms with E-state index in [2.05, 4.69) is 36.8 Å². The van der Waals surface area contributed by atoms with Crippen LogP contribution in [0.1, 0.15) is 37.9 Å². The van der Waals surface area contributed by atoms with Crippen LogP contribution in [0.25, 0.3) is 0 Å². The summed E-state index contributed by atoms with van der Waals surface area (Å²) in [4.78, 5) is 12.9. The second kappa shape index (κ2) is 10.4. The van der Waals surface area contributed by atoms with Crippen LogP contribution in [0.5, 0.6) is 11.5 Å². The number of nitrogens with one attached hydrogen (secondary N) is 1. The van der Waals surface area contributed by atoms with Crippen molar-refractivity contribution in [2.75, 3.05) is 18.5 Å². The maximum Gasteiger partial charge on any atom is 0.338 e. The summed E-state index contributed by atoms with van der Waals surface area (Å²) in [6, 6.07) is 10.5. The first-order valence-electron chi connectivity index (χ1n) is 10.7. The quantitative estimate of drug-likeness (QED) is 0.396. The van der Waals surface area contributed by atoms with Gasteiger partial charge in [0, 0.05) is 16.3 Å². The molecular weight excluding hydrogens is 526 g/mol. The Balaban J connectivity index is 1.76. The van der Waals surface area contributed by atoms with Gasteiger partial charge in [0.15, 0.2) is 11.5 Å². The lowest BCUT2D eigenvalue weighted by Crippen LogP contribution is -2.29. The van der Waals surface area contributed by atoms with Gasteiger partial charge in [0.05, 0.1) is 23.3 Å². The zero-order chi connectivity index (χ0) is 24.2. The van der Waals surface area contributed by atoms with Crippen LogP contribution in [0.15, 0.2) is 52.1 Å². The van der Waals surface area contributed by atoms with Gasteiger partial charge in [-0.2, -0.15) is 4.68 Å². The number of hydrogen-bond donors (Lipinski definition) is 1. The van der Waals surface area contributed by atoms with Crippen LogP contribution in [0.2, 0.25) is 5.02 Å². The first-order valence-corrected chi connectivity index (χ1v) is 11.9. The van der Waals surface area contributed by atoms with Crippen molar-refractivity contribution in [2.45, 2.75) is 33.4 Å². The van der Waals surface area contributed by atoms with Gasteiger partial charge >= 0.3 is 5.97 Å². The van der Waals surface area contributed by atoms with Gasteiger partial charge in [-0.15, -0.1) is 0 Å². The largest absolute Gasteiger partial charge is 0.490 e. The number of ether oxygens (including phenoxy) is 3. The summed E-state index contributed by atoms with van der Waals surface area (Å²) in [6.07, 6.45) is 0. The van der Waals surface area contributed by atoms with Crippen molar-refractivity contribution >= 4 is 39.4 Å². The van der Waals surface area contributed by atoms with Gasteiger partial charge in [-0.25, -0.2) is 4.79 Å². The predicted molar refractivity (Wildman–Crippen MR) is 130 cm³/mol. The van der Waals surface area contributed by atoms with Crippen molar-refractivity contribution in [2.24, 2.45) is 0 Å². The number of benzene rings is 2. The first-order chi connectivity index (χ1) is 16.4. The van der Waals surface area contributed by atoms with E-state index in [1.807, 2.05) is 43.3 Å². The summed E-state index contributed by atoms with van der Waals surface area (Å²) in [7, 11) is 0. The molecule has 1 aromatic heterocycles. The molecule has 0 bridgehead atoms. The molecule has 0 fully saturated rings. The number of anilines is 1. The molecule has 0 saturated carbocycles. The lowest BCUT2D eigenvalue weighted by molar-refractivity contribution is -0.139. The van der Waals surface area contributed by atoms with E-state index in [9.17, 15) is 4.79 Å². The third-order valence-electron chi connectivity index (χ3n) is 5.19. The minimum absolute atomic E-state index is 0.244. The van der Waals surface area contributed by atoms with Crippen molar-refractivity contribution in [1.82, 2.24) is 20.2 Å². The highest BCUT2D eigenvalue weighted by atomic mass is 79.9. The number of hydrogen-bond acceptors (Lipinski definition) is 8. The van der Waals surface area contributed by atoms with E-state index in [4.69, 9.17) is 25.8 Å². The third kappa shape index (κ3) is 4.74. The fourth-order valence-corrected chi connectivity index (χ4v) is 4.47. The number of allylic oxidation sites excluding steroid dienone is 1. The molecule has 34 heavy (non-hydrogen) atoms. The standard InChI is InChI=1S/C23H23BrClN5O4/c1-4-32-18-11-15(10-16(24)21(18)34-12-14-8-6-7-9-17(14)25)20-19(22(31)33-5-2)13(3)26-23-27-28-29-30(20)23/h6-11,20H,4-5,12H2,1-3H3,(H,26,27,29). The van der Waals surface area contributed by atoms with Crippen LogP contribution in [0.4, 0.5) is 5.95 Å². The van der Waals surface area contributed by atoms with E-state index in [0.29, 0.717) is 44.8 Å². The Hall–Kier alpha value is -3.11. The van der Waals surface area contributed by atoms with Gasteiger partial charge in [0.1, 0.15) is 12.6 Å². The SMILES string of the molecule is CCOC(=O)C1=C(C)Nc2nnnn2C1c1cc(Br)c(OCc2ccccc2Cl)c(OCC)c1. The minimum atomic E-state index is -0.626. The predicted octanol–water partition coefficient (Wildman–Crippen LogP) is 4.92. The molecular formula is C23H23BrClN5O4. The smallest absolute Gasteiger partial charge is 0.338 e. The summed E-state index contributed by atoms with van der Waals surface area (Å²) in [5, 5.41) is 15.6. The highest BCUT2D eigenvalue weighted by Crippen LogP contribution is 2.43. The summed E-state index contributed by atoms with van der Waals surface area (Å²) >= 11 is 9.89. The van der Waals surface area contributed by atoms with Gasteiger partial charge in [0.2, 0.25) is 5.95 Å². The monoisotopic (exact) mass is 547 g/mol. The Kier molecular flexibility index (Phi) is 7.38. The van der Waals surface area contributed by atoms with Crippen molar-refractivity contribution in [3.8, 4) is 11.5 Å². The molecule has 1 N–H and O–H groups in total. The molecule has 0 aliphatic carbocycles. The summed E-state index contributed by atoms with van der Waals surface area (Å²) in [5.41, 5.74) is 2.58. The number of tetrazole rings is 1. The molecule has 0 saturated heterocycles. The summed E-state index contributed by atoms with van der Waals surface area (Å²) in [5.74, 6) is 0.998. The number of halogens is 2. The molecule has 1 aliphatic heterocycles. The van der Waals surface area contributed by atoms with Gasteiger partial charge in [-0.3, -0.25) is 0 Å². The summed E-state index contributed by atoms with van der Waals surface area (Å²) in [6.45, 7) is 6.35. The minimum Gasteiger partial charge on any atom is -0.490 e. The number of carbonyl (C=O) groups excluding carboxylic acids is 1. The Bertz CT molecular complexity index is 1250. The molecule has 2 heterocycles. The van der Waals surface area contributed by atoms with E-state index < -0.39 is 12.0 Å². The van der Waals surface area contributed by atoms with Crippen LogP contribution >= 0.6 is 27.5 Å². The van der Waals surface area contributed by atoms with Gasteiger partial charge in [-0.05, 0) is 70.9 Å². The molecule has 3 aromatic rings. The Morgan fingerprint density at radius 3 is 2.74 bits per heavy atom. The molecule has 1 atom stereocenters. The zero-order valence-electron chi connectivity index (χ0n) is 18.8. The number of rotatable bonds is 8. The molecule has 0 spiro atoms. The maximum atomic E-state index is 12.9. The van der Waals surface area contributed by atoms with Crippen molar-refractivity contribution in [3.05, 3.63) is 68.3 Å². The lowest BCUT2D eigenvalue weighted by atomic mass is 9.95. The van der Waals surface area contributed by atoms with Crippen molar-refractivity contribution < 1.29 is 19.0 Å². The average Bonchev–Trinajstić information content (AvgIpc) is 3.26. The molecule has 9 nitrogen and oxygen atoms in total. The second-order valence-corrected chi connectivity index (χ2v) is 8.64. The normalized spacial score (nSPS) is 14.9. The van der Waals surface area contributed by atoms with Gasteiger partial charge in [0.25, 0.3) is 0 Å². The molecule has 11 heteroatoms. The highest BCUT2D eigenvalue weighted by molar-refractivity contribution is 9.10. The van der Waals surface area contributed by atoms with Crippen molar-refractivity contribution in [1.29, 1.82) is 0 Å². The van der Waals surface area contributed by atoms with E-state index in [-0.39, 0.29) is 13.2 Å². The third-order valence-corrected chi connectivity index (χ3v) is 6.14. The Morgan fingerprint density at radius 2 is 2.00 bits per heavy atom. The molecule has 2 aromatic carbocycles. The lowest BCUT2D eigenvalue weighted by Gasteiger charge is -2.28. The molecule has 178 valence electrons. The first kappa shape index (κ1) is 24.0. The topological polar surface area (TPSA) is 100 Å². The van der Waals surface area contributed by atoms with E-state index in [0.717, 1.165) is 11.1 Å². The molecule has 0 radical (unpaired) electrons. The van der Waals surface area contributed by atoms with Crippen LogP contribution in [0, 0.1) is 0 Å². The van der Waals surface area contributed by atoms with Gasteiger partial charge in [-0.1, -0.05) is 34.9 Å². The van der Waals surface area contributed by atoms with Crippen molar-refractivity contribution in [3.63, 3.8) is 0 Å². The number of aromatic nitrogens is 4. The van der Waals surface area contributed by atoms with Crippen LogP contribution in [-0.2, 0) is 16.1 Å². The summed E-state index contributed by atoms with van der Waals surface area (Å²) < 4.78 is 19.5. The van der Waals surface area contributed by atoms with E-state index in [1.54, 1.807) is 18.5 Å². The van der Waals surface area contributed by atoms with Crippen LogP contribution < -0.4 is 14.8 Å². The Labute approximate surface area is 210 Å². The maximum absolute atomic E-state index is 12.9. The van der Waals surface area contributed by atoms with Gasteiger partial charge < -0.3 is 19.5 Å². The second-order valence-electron chi connectivity index (χ2n) is 7.38. The van der Waals surface area contributed by atoms with Crippen LogP contribution in [0.3, 0.4) is 0 Å². The number of esters is 1. The molecule has 1 unspecified atom stereocenters. The molecule has 4 rings (SSSR count).